The number of ether oxygens (including phenoxy) is 2. The number of halogens is 6. The molecule has 0 radical (unpaired) electrons. The zero-order chi connectivity index (χ0) is 28.4. The van der Waals surface area contributed by atoms with E-state index in [-0.39, 0.29) is 0 Å². The van der Waals surface area contributed by atoms with Crippen LogP contribution in [0.4, 0.5) is 26.3 Å². The van der Waals surface area contributed by atoms with Gasteiger partial charge in [0.1, 0.15) is 0 Å². The Morgan fingerprint density at radius 2 is 1.46 bits per heavy atom. The number of carboxylic acid groups (broad SMARTS) is 2. The smallest absolute Gasteiger partial charge is 0.475 e. The number of nitrogens with zero attached hydrogens (tertiary/aromatic N) is 2. The van der Waals surface area contributed by atoms with Gasteiger partial charge in [0.25, 0.3) is 0 Å². The molecule has 2 N–H and O–H groups in total. The highest BCUT2D eigenvalue weighted by Gasteiger charge is 2.48. The summed E-state index contributed by atoms with van der Waals surface area (Å²) in [5, 5.41) is 14.2. The highest BCUT2D eigenvalue weighted by molar-refractivity contribution is 5.73. The van der Waals surface area contributed by atoms with Gasteiger partial charge in [0.2, 0.25) is 0 Å². The average Bonchev–Trinajstić information content (AvgIpc) is 3.10. The van der Waals surface area contributed by atoms with Gasteiger partial charge >= 0.3 is 24.3 Å². The van der Waals surface area contributed by atoms with Gasteiger partial charge in [-0.25, -0.2) is 9.59 Å². The van der Waals surface area contributed by atoms with Gasteiger partial charge in [-0.15, -0.1) is 0 Å². The number of rotatable bonds is 5. The van der Waals surface area contributed by atoms with E-state index in [1.165, 1.54) is 58.4 Å². The lowest BCUT2D eigenvalue weighted by molar-refractivity contribution is -0.193. The second-order valence-corrected chi connectivity index (χ2v) is 10.1. The molecule has 0 amide bonds. The van der Waals surface area contributed by atoms with Crippen LogP contribution in [0, 0.1) is 17.3 Å². The maximum Gasteiger partial charge on any atom is 0.490 e. The van der Waals surface area contributed by atoms with E-state index in [1.54, 1.807) is 0 Å². The van der Waals surface area contributed by atoms with Crippen molar-refractivity contribution in [3.05, 3.63) is 0 Å². The van der Waals surface area contributed by atoms with Gasteiger partial charge in [0.15, 0.2) is 0 Å². The molecule has 3 heterocycles. The van der Waals surface area contributed by atoms with E-state index in [0.717, 1.165) is 37.7 Å². The van der Waals surface area contributed by atoms with E-state index in [0.29, 0.717) is 5.41 Å². The molecule has 3 fully saturated rings. The van der Waals surface area contributed by atoms with Crippen LogP contribution in [0.15, 0.2) is 0 Å². The molecule has 1 unspecified atom stereocenters. The number of carbonyl (C=O) groups is 2. The van der Waals surface area contributed by atoms with Crippen LogP contribution < -0.4 is 0 Å². The van der Waals surface area contributed by atoms with Gasteiger partial charge in [-0.05, 0) is 50.1 Å². The highest BCUT2D eigenvalue weighted by Crippen LogP contribution is 2.45. The van der Waals surface area contributed by atoms with E-state index in [1.807, 2.05) is 7.11 Å². The lowest BCUT2D eigenvalue weighted by Gasteiger charge is -2.46. The first-order chi connectivity index (χ1) is 17.0. The first kappa shape index (κ1) is 33.4. The number of carboxylic acids is 2. The fraction of sp³-hybridized carbons (Fsp3) is 0.913. The number of hydrogen-bond acceptors (Lipinski definition) is 6. The first-order valence-electron chi connectivity index (χ1n) is 12.1. The Hall–Kier alpha value is -1.64. The Morgan fingerprint density at radius 1 is 1.00 bits per heavy atom. The summed E-state index contributed by atoms with van der Waals surface area (Å²) in [5.41, 5.74) is 0.507. The predicted molar refractivity (Wildman–Crippen MR) is 121 cm³/mol. The van der Waals surface area contributed by atoms with Crippen LogP contribution in [0.3, 0.4) is 0 Å². The number of piperidine rings is 1. The molecule has 1 atom stereocenters. The normalized spacial score (nSPS) is 23.2. The van der Waals surface area contributed by atoms with E-state index in [9.17, 15) is 26.3 Å². The zero-order valence-electron chi connectivity index (χ0n) is 21.4. The molecule has 0 bridgehead atoms. The lowest BCUT2D eigenvalue weighted by atomic mass is 9.71. The molecular weight excluding hydrogens is 514 g/mol. The van der Waals surface area contributed by atoms with Crippen molar-refractivity contribution in [3.63, 3.8) is 0 Å². The summed E-state index contributed by atoms with van der Waals surface area (Å²) in [7, 11) is 1.87. The molecule has 14 heteroatoms. The summed E-state index contributed by atoms with van der Waals surface area (Å²) in [6, 6.07) is 0.773. The molecule has 0 aromatic heterocycles. The Bertz CT molecular complexity index is 681. The third kappa shape index (κ3) is 11.3. The fourth-order valence-corrected chi connectivity index (χ4v) is 5.18. The summed E-state index contributed by atoms with van der Waals surface area (Å²) in [4.78, 5) is 23.3. The molecule has 3 aliphatic rings. The van der Waals surface area contributed by atoms with E-state index < -0.39 is 24.3 Å². The molecule has 1 spiro atoms. The van der Waals surface area contributed by atoms with Crippen LogP contribution in [-0.4, -0.2) is 110 Å². The largest absolute Gasteiger partial charge is 0.490 e. The molecule has 218 valence electrons. The summed E-state index contributed by atoms with van der Waals surface area (Å²) in [6.07, 6.45) is -5.00. The maximum atomic E-state index is 10.6. The topological polar surface area (TPSA) is 99.5 Å². The predicted octanol–water partition coefficient (Wildman–Crippen LogP) is 3.75. The maximum absolute atomic E-state index is 10.6. The van der Waals surface area contributed by atoms with Gasteiger partial charge in [-0.3, -0.25) is 0 Å². The minimum Gasteiger partial charge on any atom is -0.475 e. The van der Waals surface area contributed by atoms with Crippen molar-refractivity contribution in [2.24, 2.45) is 17.3 Å². The molecule has 0 aliphatic carbocycles. The van der Waals surface area contributed by atoms with Crippen molar-refractivity contribution in [3.8, 4) is 0 Å². The number of methoxy groups -OCH3 is 1. The zero-order valence-corrected chi connectivity index (χ0v) is 21.4. The lowest BCUT2D eigenvalue weighted by Crippen LogP contribution is -2.50. The molecule has 37 heavy (non-hydrogen) atoms. The van der Waals surface area contributed by atoms with Crippen molar-refractivity contribution in [1.29, 1.82) is 0 Å². The number of likely N-dealkylation sites (tertiary alicyclic amines) is 2. The Kier molecular flexibility index (Phi) is 13.1. The Balaban J connectivity index is 0.000000404. The Morgan fingerprint density at radius 3 is 1.84 bits per heavy atom. The summed E-state index contributed by atoms with van der Waals surface area (Å²) in [6.45, 7) is 13.9. The molecule has 8 nitrogen and oxygen atoms in total. The summed E-state index contributed by atoms with van der Waals surface area (Å²) in [5.74, 6) is -4.03. The van der Waals surface area contributed by atoms with E-state index in [2.05, 4.69) is 23.6 Å². The van der Waals surface area contributed by atoms with Crippen LogP contribution in [-0.2, 0) is 19.1 Å². The third-order valence-corrected chi connectivity index (χ3v) is 6.86. The molecule has 3 rings (SSSR count). The van der Waals surface area contributed by atoms with Crippen molar-refractivity contribution >= 4 is 11.9 Å². The first-order valence-corrected chi connectivity index (χ1v) is 12.1. The van der Waals surface area contributed by atoms with E-state index in [4.69, 9.17) is 29.3 Å². The summed E-state index contributed by atoms with van der Waals surface area (Å²) < 4.78 is 74.6. The van der Waals surface area contributed by atoms with Gasteiger partial charge in [-0.1, -0.05) is 13.8 Å². The number of aliphatic carboxylic acids is 2. The van der Waals surface area contributed by atoms with Crippen LogP contribution in [0.5, 0.6) is 0 Å². The quantitative estimate of drug-likeness (QED) is 0.498. The van der Waals surface area contributed by atoms with Crippen molar-refractivity contribution in [1.82, 2.24) is 9.80 Å². The monoisotopic (exact) mass is 552 g/mol. The van der Waals surface area contributed by atoms with Gasteiger partial charge in [-0.2, -0.15) is 26.3 Å². The minimum absolute atomic E-state index is 0.507. The van der Waals surface area contributed by atoms with E-state index >= 15 is 0 Å². The number of alkyl halides is 6. The Labute approximate surface area is 212 Å². The molecule has 0 aromatic rings. The van der Waals surface area contributed by atoms with Gasteiger partial charge in [0.05, 0.1) is 6.61 Å². The van der Waals surface area contributed by atoms with Gasteiger partial charge < -0.3 is 29.5 Å². The second kappa shape index (κ2) is 14.5. The SMILES string of the molecule is COCC1CN(CC(C)C)CC12CCN(C1CCOCC1)CC2.O=C(O)C(F)(F)F.O=C(O)C(F)(F)F. The van der Waals surface area contributed by atoms with Crippen molar-refractivity contribution < 1.29 is 55.6 Å². The standard InChI is InChI=1S/C19H36N2O2.2C2HF3O2/c1-16(2)12-20-13-17(14-22-3)19(15-20)6-8-21(9-7-19)18-4-10-23-11-5-18;2*3-2(4,5)1(6)7/h16-18H,4-15H2,1-3H3;2*(H,6,7). The minimum atomic E-state index is -5.08. The van der Waals surface area contributed by atoms with Crippen molar-refractivity contribution in [2.75, 3.05) is 59.7 Å². The van der Waals surface area contributed by atoms with Crippen LogP contribution >= 0.6 is 0 Å². The van der Waals surface area contributed by atoms with Crippen molar-refractivity contribution in [2.45, 2.75) is 57.9 Å². The molecule has 3 aliphatic heterocycles. The number of hydrogen-bond donors (Lipinski definition) is 2. The molecule has 3 saturated heterocycles. The summed E-state index contributed by atoms with van der Waals surface area (Å²) >= 11 is 0. The second-order valence-electron chi connectivity index (χ2n) is 10.1. The molecule has 0 aromatic carbocycles. The van der Waals surface area contributed by atoms with Gasteiger partial charge in [0, 0.05) is 51.9 Å². The van der Waals surface area contributed by atoms with Crippen LogP contribution in [0.2, 0.25) is 0 Å². The van der Waals surface area contributed by atoms with Crippen LogP contribution in [0.1, 0.15) is 39.5 Å². The molecule has 0 saturated carbocycles. The highest BCUT2D eigenvalue weighted by atomic mass is 19.4. The fourth-order valence-electron chi connectivity index (χ4n) is 5.18. The van der Waals surface area contributed by atoms with Crippen LogP contribution in [0.25, 0.3) is 0 Å². The third-order valence-electron chi connectivity index (χ3n) is 6.86. The molecular formula is C23H38F6N2O6. The average molecular weight is 553 g/mol.